The van der Waals surface area contributed by atoms with Gasteiger partial charge < -0.3 is 9.47 Å². The molecule has 1 spiro atoms. The largest absolute Gasteiger partial charge is 0.452 e. The number of carbonyl (C=O) groups is 2. The summed E-state index contributed by atoms with van der Waals surface area (Å²) in [5.41, 5.74) is 1.02. The van der Waals surface area contributed by atoms with Crippen LogP contribution in [-0.4, -0.2) is 17.4 Å². The van der Waals surface area contributed by atoms with Gasteiger partial charge in [0.1, 0.15) is 11.5 Å². The molecule has 2 aliphatic rings. The van der Waals surface area contributed by atoms with Crippen molar-refractivity contribution in [2.24, 2.45) is 0 Å². The summed E-state index contributed by atoms with van der Waals surface area (Å²) < 4.78 is 13.0. The summed E-state index contributed by atoms with van der Waals surface area (Å²) in [6.07, 6.45) is 0.913. The van der Waals surface area contributed by atoms with E-state index in [4.69, 9.17) is 55.9 Å². The number of benzene rings is 2. The number of fused-ring (bicyclic) bond motifs is 2. The third-order valence-corrected chi connectivity index (χ3v) is 7.79. The van der Waals surface area contributed by atoms with Crippen LogP contribution in [0.2, 0.25) is 20.1 Å². The summed E-state index contributed by atoms with van der Waals surface area (Å²) in [6.45, 7) is 11.0. The second-order valence-corrected chi connectivity index (χ2v) is 11.8. The van der Waals surface area contributed by atoms with E-state index in [1.54, 1.807) is 12.1 Å². The maximum atomic E-state index is 12.2. The van der Waals surface area contributed by atoms with Crippen LogP contribution < -0.4 is 9.47 Å². The van der Waals surface area contributed by atoms with Gasteiger partial charge in [-0.2, -0.15) is 0 Å². The zero-order valence-corrected chi connectivity index (χ0v) is 22.2. The number of Topliss-reactive ketones (excluding diaryl/α,β-unsaturated/α-hetero) is 2. The van der Waals surface area contributed by atoms with Gasteiger partial charge in [0.2, 0.25) is 0 Å². The number of hydrogen-bond donors (Lipinski definition) is 0. The van der Waals surface area contributed by atoms with Gasteiger partial charge in [-0.15, -0.1) is 0 Å². The van der Waals surface area contributed by atoms with Crippen molar-refractivity contribution >= 4 is 58.0 Å². The second kappa shape index (κ2) is 7.78. The number of hydrogen-bond acceptors (Lipinski definition) is 4. The van der Waals surface area contributed by atoms with Gasteiger partial charge in [0.15, 0.2) is 11.6 Å². The predicted molar refractivity (Wildman–Crippen MR) is 132 cm³/mol. The van der Waals surface area contributed by atoms with Crippen LogP contribution in [0.5, 0.6) is 11.5 Å². The number of ether oxygens (including phenoxy) is 2. The molecule has 0 bridgehead atoms. The third-order valence-electron chi connectivity index (χ3n) is 6.44. The van der Waals surface area contributed by atoms with Crippen molar-refractivity contribution in [1.29, 1.82) is 0 Å². The molecule has 0 aliphatic carbocycles. The molecule has 2 aromatic carbocycles. The van der Waals surface area contributed by atoms with Crippen LogP contribution in [0.4, 0.5) is 0 Å². The average molecular weight is 530 g/mol. The molecular formula is C25H24Cl4O4. The van der Waals surface area contributed by atoms with Gasteiger partial charge in [-0.25, -0.2) is 0 Å². The first-order valence-electron chi connectivity index (χ1n) is 10.5. The van der Waals surface area contributed by atoms with E-state index in [1.807, 2.05) is 27.7 Å². The van der Waals surface area contributed by atoms with Crippen molar-refractivity contribution < 1.29 is 19.1 Å². The quantitative estimate of drug-likeness (QED) is 0.367. The lowest BCUT2D eigenvalue weighted by Gasteiger charge is -2.51. The van der Waals surface area contributed by atoms with Gasteiger partial charge in [0.25, 0.3) is 5.79 Å². The van der Waals surface area contributed by atoms with E-state index in [0.717, 1.165) is 11.1 Å². The van der Waals surface area contributed by atoms with E-state index in [-0.39, 0.29) is 32.7 Å². The van der Waals surface area contributed by atoms with E-state index in [1.165, 1.54) is 13.8 Å². The Labute approximate surface area is 213 Å². The summed E-state index contributed by atoms with van der Waals surface area (Å²) in [6, 6.07) is 3.26. The number of ketones is 2. The number of rotatable bonds is 2. The Morgan fingerprint density at radius 2 is 1.06 bits per heavy atom. The fraction of sp³-hybridized carbons (Fsp3) is 0.440. The van der Waals surface area contributed by atoms with Crippen molar-refractivity contribution in [3.8, 4) is 11.5 Å². The van der Waals surface area contributed by atoms with Crippen molar-refractivity contribution in [1.82, 2.24) is 0 Å². The highest BCUT2D eigenvalue weighted by Crippen LogP contribution is 2.57. The van der Waals surface area contributed by atoms with Gasteiger partial charge in [-0.3, -0.25) is 9.59 Å². The molecule has 0 amide bonds. The van der Waals surface area contributed by atoms with E-state index in [0.29, 0.717) is 34.4 Å². The van der Waals surface area contributed by atoms with E-state index < -0.39 is 16.6 Å². The van der Waals surface area contributed by atoms with Crippen molar-refractivity contribution in [2.75, 3.05) is 0 Å². The molecule has 0 radical (unpaired) electrons. The molecule has 0 saturated carbocycles. The van der Waals surface area contributed by atoms with E-state index >= 15 is 0 Å². The molecule has 0 saturated heterocycles. The maximum absolute atomic E-state index is 12.2. The molecule has 2 heterocycles. The van der Waals surface area contributed by atoms with Gasteiger partial charge in [0, 0.05) is 46.9 Å². The Balaban J connectivity index is 1.90. The highest BCUT2D eigenvalue weighted by Gasteiger charge is 2.55. The standard InChI is InChI=1S/C25H24Cl4O4/c1-11(30)17-13(26)7-15-19(21(17)28)23(3,4)9-25(32-15)10-24(5,6)20-16(33-25)8-14(27)18(12(2)31)22(20)29/h7-8H,9-10H2,1-6H3. The Hall–Kier alpha value is -1.46. The van der Waals surface area contributed by atoms with Gasteiger partial charge in [-0.05, 0) is 13.8 Å². The first kappa shape index (κ1) is 24.7. The van der Waals surface area contributed by atoms with Crippen LogP contribution in [0.25, 0.3) is 0 Å². The zero-order chi connectivity index (χ0) is 24.7. The molecule has 2 aromatic rings. The molecule has 4 nitrogen and oxygen atoms in total. The minimum atomic E-state index is -1.05. The smallest absolute Gasteiger partial charge is 0.252 e. The predicted octanol–water partition coefficient (Wildman–Crippen LogP) is 8.22. The van der Waals surface area contributed by atoms with Crippen LogP contribution in [0.3, 0.4) is 0 Å². The topological polar surface area (TPSA) is 52.6 Å². The van der Waals surface area contributed by atoms with Crippen LogP contribution in [0, 0.1) is 0 Å². The molecule has 0 atom stereocenters. The second-order valence-electron chi connectivity index (χ2n) is 10.2. The van der Waals surface area contributed by atoms with Crippen LogP contribution in [0.1, 0.15) is 86.2 Å². The lowest BCUT2D eigenvalue weighted by molar-refractivity contribution is -0.166. The average Bonchev–Trinajstić information content (AvgIpc) is 2.56. The summed E-state index contributed by atoms with van der Waals surface area (Å²) >= 11 is 26.2. The summed E-state index contributed by atoms with van der Waals surface area (Å²) in [5.74, 6) is -0.523. The Morgan fingerprint density at radius 3 is 1.36 bits per heavy atom. The van der Waals surface area contributed by atoms with Gasteiger partial charge in [-0.1, -0.05) is 74.1 Å². The van der Waals surface area contributed by atoms with E-state index in [9.17, 15) is 9.59 Å². The Kier molecular flexibility index (Phi) is 5.81. The van der Waals surface area contributed by atoms with Gasteiger partial charge >= 0.3 is 0 Å². The van der Waals surface area contributed by atoms with Gasteiger partial charge in [0.05, 0.1) is 31.2 Å². The summed E-state index contributed by atoms with van der Waals surface area (Å²) in [5, 5.41) is 1.06. The van der Waals surface area contributed by atoms with Crippen molar-refractivity contribution in [3.63, 3.8) is 0 Å². The fourth-order valence-electron chi connectivity index (χ4n) is 5.41. The molecular weight excluding hydrogens is 506 g/mol. The maximum Gasteiger partial charge on any atom is 0.252 e. The SMILES string of the molecule is CC(=O)c1c(Cl)cc2c(c1Cl)C(C)(C)CC1(CC(C)(C)c3c(cc(Cl)c(C(C)=O)c3Cl)O1)O2. The third kappa shape index (κ3) is 3.83. The minimum Gasteiger partial charge on any atom is -0.452 e. The van der Waals surface area contributed by atoms with Crippen LogP contribution in [-0.2, 0) is 10.8 Å². The molecule has 0 fully saturated rings. The highest BCUT2D eigenvalue weighted by atomic mass is 35.5. The molecule has 0 N–H and O–H groups in total. The Morgan fingerprint density at radius 1 is 0.727 bits per heavy atom. The normalized spacial score (nSPS) is 19.2. The number of halogens is 4. The summed E-state index contributed by atoms with van der Waals surface area (Å²) in [7, 11) is 0. The lowest BCUT2D eigenvalue weighted by atomic mass is 9.68. The summed E-state index contributed by atoms with van der Waals surface area (Å²) in [4.78, 5) is 24.3. The molecule has 0 aromatic heterocycles. The Bertz CT molecular complexity index is 1130. The fourth-order valence-corrected chi connectivity index (χ4v) is 7.33. The first-order chi connectivity index (χ1) is 15.1. The molecule has 8 heteroatoms. The van der Waals surface area contributed by atoms with Crippen LogP contribution >= 0.6 is 46.4 Å². The molecule has 2 aliphatic heterocycles. The molecule has 4 rings (SSSR count). The van der Waals surface area contributed by atoms with Crippen molar-refractivity contribution in [2.45, 2.75) is 71.0 Å². The molecule has 0 unspecified atom stereocenters. The first-order valence-corrected chi connectivity index (χ1v) is 12.1. The zero-order valence-electron chi connectivity index (χ0n) is 19.2. The molecule has 33 heavy (non-hydrogen) atoms. The van der Waals surface area contributed by atoms with Crippen molar-refractivity contribution in [3.05, 3.63) is 54.5 Å². The minimum absolute atomic E-state index is 0.210. The highest BCUT2D eigenvalue weighted by molar-refractivity contribution is 6.41. The number of carbonyl (C=O) groups excluding carboxylic acids is 2. The molecule has 176 valence electrons. The lowest BCUT2D eigenvalue weighted by Crippen LogP contribution is -2.56. The monoisotopic (exact) mass is 528 g/mol. The van der Waals surface area contributed by atoms with Crippen LogP contribution in [0.15, 0.2) is 12.1 Å². The van der Waals surface area contributed by atoms with E-state index in [2.05, 4.69) is 0 Å².